The number of hydrogen-bond donors (Lipinski definition) is 1. The standard InChI is InChI=1S/C12H19NO/c13-12(14)4-2-1-3-10-7-9-5-6-11(10)8-9/h5-6,9-11H,1-4,7-8H2,(H2,13,14). The van der Waals surface area contributed by atoms with Crippen molar-refractivity contribution in [3.05, 3.63) is 12.2 Å². The van der Waals surface area contributed by atoms with Gasteiger partial charge in [0, 0.05) is 6.42 Å². The molecule has 3 unspecified atom stereocenters. The van der Waals surface area contributed by atoms with Gasteiger partial charge in [-0.3, -0.25) is 4.79 Å². The second-order valence-electron chi connectivity index (χ2n) is 4.75. The van der Waals surface area contributed by atoms with E-state index in [0.29, 0.717) is 6.42 Å². The lowest BCUT2D eigenvalue weighted by atomic mass is 9.89. The molecule has 3 atom stereocenters. The van der Waals surface area contributed by atoms with Crippen LogP contribution in [0.25, 0.3) is 0 Å². The van der Waals surface area contributed by atoms with Crippen molar-refractivity contribution in [2.75, 3.05) is 0 Å². The van der Waals surface area contributed by atoms with Crippen molar-refractivity contribution < 1.29 is 4.79 Å². The average Bonchev–Trinajstić information content (AvgIpc) is 2.73. The molecule has 0 aromatic carbocycles. The lowest BCUT2D eigenvalue weighted by Crippen LogP contribution is -2.11. The number of fused-ring (bicyclic) bond motifs is 2. The Labute approximate surface area is 85.6 Å². The molecule has 14 heavy (non-hydrogen) atoms. The van der Waals surface area contributed by atoms with Crippen LogP contribution in [0.2, 0.25) is 0 Å². The molecule has 0 heterocycles. The number of nitrogens with two attached hydrogens (primary N) is 1. The zero-order chi connectivity index (χ0) is 9.97. The van der Waals surface area contributed by atoms with Gasteiger partial charge in [0.25, 0.3) is 0 Å². The van der Waals surface area contributed by atoms with Crippen LogP contribution in [0.1, 0.15) is 38.5 Å². The molecular formula is C12H19NO. The van der Waals surface area contributed by atoms with Crippen LogP contribution < -0.4 is 5.73 Å². The van der Waals surface area contributed by atoms with E-state index < -0.39 is 0 Å². The molecule has 2 bridgehead atoms. The van der Waals surface area contributed by atoms with Crippen LogP contribution in [0.4, 0.5) is 0 Å². The predicted molar refractivity (Wildman–Crippen MR) is 56.5 cm³/mol. The van der Waals surface area contributed by atoms with E-state index in [1.165, 1.54) is 25.7 Å². The Hall–Kier alpha value is -0.790. The summed E-state index contributed by atoms with van der Waals surface area (Å²) in [4.78, 5) is 10.5. The Morgan fingerprint density at radius 3 is 2.71 bits per heavy atom. The normalized spacial score (nSPS) is 33.9. The predicted octanol–water partition coefficient (Wildman–Crippen LogP) is 2.24. The van der Waals surface area contributed by atoms with Gasteiger partial charge in [-0.2, -0.15) is 0 Å². The van der Waals surface area contributed by atoms with E-state index in [2.05, 4.69) is 12.2 Å². The average molecular weight is 193 g/mol. The monoisotopic (exact) mass is 193 g/mol. The third kappa shape index (κ3) is 2.17. The molecule has 2 N–H and O–H groups in total. The summed E-state index contributed by atoms with van der Waals surface area (Å²) in [5.74, 6) is 2.48. The van der Waals surface area contributed by atoms with Crippen molar-refractivity contribution in [3.8, 4) is 0 Å². The summed E-state index contributed by atoms with van der Waals surface area (Å²) in [7, 11) is 0. The van der Waals surface area contributed by atoms with Crippen LogP contribution in [0.5, 0.6) is 0 Å². The Morgan fingerprint density at radius 1 is 1.29 bits per heavy atom. The van der Waals surface area contributed by atoms with E-state index in [1.54, 1.807) is 0 Å². The molecule has 2 heteroatoms. The van der Waals surface area contributed by atoms with Gasteiger partial charge in [0.05, 0.1) is 0 Å². The molecule has 78 valence electrons. The quantitative estimate of drug-likeness (QED) is 0.528. The maximum Gasteiger partial charge on any atom is 0.217 e. The molecule has 0 saturated heterocycles. The number of rotatable bonds is 5. The first-order valence-corrected chi connectivity index (χ1v) is 5.72. The third-order valence-electron chi connectivity index (χ3n) is 3.66. The molecule has 2 nitrogen and oxygen atoms in total. The molecule has 2 rings (SSSR count). The smallest absolute Gasteiger partial charge is 0.217 e. The summed E-state index contributed by atoms with van der Waals surface area (Å²) < 4.78 is 0. The van der Waals surface area contributed by atoms with E-state index in [4.69, 9.17) is 5.73 Å². The molecule has 0 aliphatic heterocycles. The lowest BCUT2D eigenvalue weighted by molar-refractivity contribution is -0.118. The highest BCUT2D eigenvalue weighted by Crippen LogP contribution is 2.45. The Balaban J connectivity index is 1.63. The van der Waals surface area contributed by atoms with E-state index in [9.17, 15) is 4.79 Å². The first-order valence-electron chi connectivity index (χ1n) is 5.72. The molecule has 1 fully saturated rings. The number of allylic oxidation sites excluding steroid dienone is 2. The number of hydrogen-bond acceptors (Lipinski definition) is 1. The maximum atomic E-state index is 10.5. The summed E-state index contributed by atoms with van der Waals surface area (Å²) in [6.07, 6.45) is 11.6. The summed E-state index contributed by atoms with van der Waals surface area (Å²) in [5.41, 5.74) is 5.10. The second-order valence-corrected chi connectivity index (χ2v) is 4.75. The highest BCUT2D eigenvalue weighted by molar-refractivity contribution is 5.73. The van der Waals surface area contributed by atoms with E-state index in [0.717, 1.165) is 24.2 Å². The fourth-order valence-electron chi connectivity index (χ4n) is 2.93. The van der Waals surface area contributed by atoms with Crippen molar-refractivity contribution in [1.82, 2.24) is 0 Å². The lowest BCUT2D eigenvalue weighted by Gasteiger charge is -2.17. The van der Waals surface area contributed by atoms with Crippen molar-refractivity contribution in [1.29, 1.82) is 0 Å². The van der Waals surface area contributed by atoms with E-state index in [-0.39, 0.29) is 5.91 Å². The van der Waals surface area contributed by atoms with Crippen LogP contribution in [0, 0.1) is 17.8 Å². The van der Waals surface area contributed by atoms with Crippen molar-refractivity contribution in [3.63, 3.8) is 0 Å². The Morgan fingerprint density at radius 2 is 2.14 bits per heavy atom. The fourth-order valence-corrected chi connectivity index (χ4v) is 2.93. The zero-order valence-electron chi connectivity index (χ0n) is 8.61. The van der Waals surface area contributed by atoms with Crippen LogP contribution in [0.3, 0.4) is 0 Å². The number of carbonyl (C=O) groups is 1. The van der Waals surface area contributed by atoms with Gasteiger partial charge in [0.15, 0.2) is 0 Å². The fraction of sp³-hybridized carbons (Fsp3) is 0.750. The topological polar surface area (TPSA) is 43.1 Å². The number of amides is 1. The van der Waals surface area contributed by atoms with Gasteiger partial charge in [-0.1, -0.05) is 18.6 Å². The van der Waals surface area contributed by atoms with Gasteiger partial charge in [-0.05, 0) is 43.4 Å². The zero-order valence-corrected chi connectivity index (χ0v) is 8.61. The second kappa shape index (κ2) is 4.16. The number of primary amides is 1. The van der Waals surface area contributed by atoms with Gasteiger partial charge in [0.1, 0.15) is 0 Å². The van der Waals surface area contributed by atoms with Gasteiger partial charge >= 0.3 is 0 Å². The molecule has 0 spiro atoms. The van der Waals surface area contributed by atoms with Crippen LogP contribution in [-0.4, -0.2) is 5.91 Å². The first kappa shape index (κ1) is 9.75. The summed E-state index contributed by atoms with van der Waals surface area (Å²) in [6, 6.07) is 0. The van der Waals surface area contributed by atoms with Gasteiger partial charge < -0.3 is 5.73 Å². The minimum atomic E-state index is -0.155. The minimum absolute atomic E-state index is 0.155. The highest BCUT2D eigenvalue weighted by Gasteiger charge is 2.34. The molecule has 2 aliphatic carbocycles. The Kier molecular flexibility index (Phi) is 2.90. The summed E-state index contributed by atoms with van der Waals surface area (Å²) in [5, 5.41) is 0. The van der Waals surface area contributed by atoms with Gasteiger partial charge in [-0.15, -0.1) is 0 Å². The van der Waals surface area contributed by atoms with E-state index in [1.807, 2.05) is 0 Å². The number of carbonyl (C=O) groups excluding carboxylic acids is 1. The highest BCUT2D eigenvalue weighted by atomic mass is 16.1. The van der Waals surface area contributed by atoms with Gasteiger partial charge in [-0.25, -0.2) is 0 Å². The molecule has 2 aliphatic rings. The number of unbranched alkanes of at least 4 members (excludes halogenated alkanes) is 1. The minimum Gasteiger partial charge on any atom is -0.370 e. The molecular weight excluding hydrogens is 174 g/mol. The van der Waals surface area contributed by atoms with E-state index >= 15 is 0 Å². The molecule has 1 saturated carbocycles. The molecule has 1 amide bonds. The first-order chi connectivity index (χ1) is 6.75. The molecule has 0 aromatic heterocycles. The van der Waals surface area contributed by atoms with Gasteiger partial charge in [0.2, 0.25) is 5.91 Å². The molecule has 0 aromatic rings. The summed E-state index contributed by atoms with van der Waals surface area (Å²) >= 11 is 0. The van der Waals surface area contributed by atoms with Crippen molar-refractivity contribution >= 4 is 5.91 Å². The van der Waals surface area contributed by atoms with Crippen LogP contribution in [0.15, 0.2) is 12.2 Å². The van der Waals surface area contributed by atoms with Crippen molar-refractivity contribution in [2.45, 2.75) is 38.5 Å². The van der Waals surface area contributed by atoms with Crippen LogP contribution in [-0.2, 0) is 4.79 Å². The largest absolute Gasteiger partial charge is 0.370 e. The third-order valence-corrected chi connectivity index (χ3v) is 3.66. The van der Waals surface area contributed by atoms with Crippen molar-refractivity contribution in [2.24, 2.45) is 23.5 Å². The Bertz CT molecular complexity index is 247. The van der Waals surface area contributed by atoms with Crippen LogP contribution >= 0.6 is 0 Å². The molecule has 0 radical (unpaired) electrons. The SMILES string of the molecule is NC(=O)CCCCC1CC2C=CC1C2. The summed E-state index contributed by atoms with van der Waals surface area (Å²) in [6.45, 7) is 0. The maximum absolute atomic E-state index is 10.5.